The summed E-state index contributed by atoms with van der Waals surface area (Å²) in [5, 5.41) is 11.4. The lowest BCUT2D eigenvalue weighted by molar-refractivity contribution is -0.118. The molecule has 21 heavy (non-hydrogen) atoms. The van der Waals surface area contributed by atoms with Gasteiger partial charge in [-0.25, -0.2) is 8.78 Å². The van der Waals surface area contributed by atoms with Crippen molar-refractivity contribution >= 4 is 11.6 Å². The highest BCUT2D eigenvalue weighted by molar-refractivity contribution is 5.92. The van der Waals surface area contributed by atoms with Crippen molar-refractivity contribution in [2.75, 3.05) is 11.9 Å². The molecule has 0 radical (unpaired) electrons. The summed E-state index contributed by atoms with van der Waals surface area (Å²) in [4.78, 5) is 11.7. The van der Waals surface area contributed by atoms with E-state index in [0.717, 1.165) is 12.1 Å². The first-order valence-corrected chi connectivity index (χ1v) is 6.16. The number of aliphatic hydroxyl groups is 1. The maximum absolute atomic E-state index is 13.4. The van der Waals surface area contributed by atoms with E-state index in [-0.39, 0.29) is 18.9 Å². The standard InChI is InChI=1S/C15H13F2NO3/c16-11-5-6-13(12(17)7-11)18-15(20)9-21-14-4-2-1-3-10(14)8-19/h1-7,19H,8-9H2,(H,18,20). The molecule has 2 aromatic rings. The Morgan fingerprint density at radius 2 is 1.95 bits per heavy atom. The van der Waals surface area contributed by atoms with Gasteiger partial charge in [0.05, 0.1) is 12.3 Å². The maximum atomic E-state index is 13.4. The number of aliphatic hydroxyl groups excluding tert-OH is 1. The van der Waals surface area contributed by atoms with Crippen molar-refractivity contribution in [1.82, 2.24) is 0 Å². The number of halogens is 2. The lowest BCUT2D eigenvalue weighted by atomic mass is 10.2. The molecule has 4 nitrogen and oxygen atoms in total. The van der Waals surface area contributed by atoms with Gasteiger partial charge >= 0.3 is 0 Å². The largest absolute Gasteiger partial charge is 0.483 e. The van der Waals surface area contributed by atoms with Crippen LogP contribution in [-0.2, 0) is 11.4 Å². The van der Waals surface area contributed by atoms with Crippen molar-refractivity contribution in [1.29, 1.82) is 0 Å². The summed E-state index contributed by atoms with van der Waals surface area (Å²) < 4.78 is 31.4. The predicted octanol–water partition coefficient (Wildman–Crippen LogP) is 2.47. The number of hydrogen-bond acceptors (Lipinski definition) is 3. The molecule has 0 spiro atoms. The lowest BCUT2D eigenvalue weighted by Crippen LogP contribution is -2.21. The topological polar surface area (TPSA) is 58.6 Å². The van der Waals surface area contributed by atoms with Gasteiger partial charge in [0, 0.05) is 11.6 Å². The Bertz CT molecular complexity index is 647. The van der Waals surface area contributed by atoms with Crippen LogP contribution in [0.4, 0.5) is 14.5 Å². The van der Waals surface area contributed by atoms with Crippen LogP contribution in [0.5, 0.6) is 5.75 Å². The Kier molecular flexibility index (Phi) is 4.84. The molecule has 0 heterocycles. The van der Waals surface area contributed by atoms with E-state index in [9.17, 15) is 13.6 Å². The molecule has 6 heteroatoms. The zero-order valence-electron chi connectivity index (χ0n) is 11.0. The third-order valence-electron chi connectivity index (χ3n) is 2.71. The number of rotatable bonds is 5. The second-order valence-corrected chi connectivity index (χ2v) is 4.23. The third-order valence-corrected chi connectivity index (χ3v) is 2.71. The Morgan fingerprint density at radius 1 is 1.19 bits per heavy atom. The molecule has 1 amide bonds. The van der Waals surface area contributed by atoms with E-state index in [2.05, 4.69) is 5.32 Å². The predicted molar refractivity (Wildman–Crippen MR) is 72.8 cm³/mol. The average Bonchev–Trinajstić information content (AvgIpc) is 2.48. The minimum absolute atomic E-state index is 0.125. The Hall–Kier alpha value is -2.47. The first-order valence-electron chi connectivity index (χ1n) is 6.16. The fourth-order valence-corrected chi connectivity index (χ4v) is 1.70. The van der Waals surface area contributed by atoms with Gasteiger partial charge in [-0.15, -0.1) is 0 Å². The molecule has 0 bridgehead atoms. The summed E-state index contributed by atoms with van der Waals surface area (Å²) in [7, 11) is 0. The van der Waals surface area contributed by atoms with Crippen LogP contribution in [0.3, 0.4) is 0 Å². The van der Waals surface area contributed by atoms with E-state index in [4.69, 9.17) is 9.84 Å². The van der Waals surface area contributed by atoms with Crippen LogP contribution in [0.1, 0.15) is 5.56 Å². The van der Waals surface area contributed by atoms with Crippen LogP contribution >= 0.6 is 0 Å². The Labute approximate surface area is 120 Å². The molecule has 0 unspecified atom stereocenters. The highest BCUT2D eigenvalue weighted by Gasteiger charge is 2.09. The molecule has 0 aliphatic carbocycles. The minimum Gasteiger partial charge on any atom is -0.483 e. The van der Waals surface area contributed by atoms with Gasteiger partial charge in [0.15, 0.2) is 6.61 Å². The van der Waals surface area contributed by atoms with E-state index in [1.165, 1.54) is 0 Å². The van der Waals surface area contributed by atoms with Crippen molar-refractivity contribution in [2.45, 2.75) is 6.61 Å². The van der Waals surface area contributed by atoms with Gasteiger partial charge in [-0.3, -0.25) is 4.79 Å². The van der Waals surface area contributed by atoms with Gasteiger partial charge in [0.25, 0.3) is 5.91 Å². The highest BCUT2D eigenvalue weighted by atomic mass is 19.1. The summed E-state index contributed by atoms with van der Waals surface area (Å²) in [6.07, 6.45) is 0. The zero-order valence-corrected chi connectivity index (χ0v) is 11.0. The first kappa shape index (κ1) is 14.9. The van der Waals surface area contributed by atoms with Crippen molar-refractivity contribution in [3.05, 3.63) is 59.7 Å². The van der Waals surface area contributed by atoms with E-state index >= 15 is 0 Å². The maximum Gasteiger partial charge on any atom is 0.262 e. The van der Waals surface area contributed by atoms with Crippen molar-refractivity contribution in [3.63, 3.8) is 0 Å². The molecule has 0 aliphatic rings. The first-order chi connectivity index (χ1) is 10.1. The smallest absolute Gasteiger partial charge is 0.262 e. The third kappa shape index (κ3) is 4.00. The Balaban J connectivity index is 1.96. The molecule has 2 N–H and O–H groups in total. The molecule has 0 saturated carbocycles. The molecule has 0 fully saturated rings. The van der Waals surface area contributed by atoms with Gasteiger partial charge in [-0.2, -0.15) is 0 Å². The summed E-state index contributed by atoms with van der Waals surface area (Å²) in [6.45, 7) is -0.571. The fourth-order valence-electron chi connectivity index (χ4n) is 1.70. The molecular formula is C15H13F2NO3. The summed E-state index contributed by atoms with van der Waals surface area (Å²) >= 11 is 0. The lowest BCUT2D eigenvalue weighted by Gasteiger charge is -2.10. The van der Waals surface area contributed by atoms with Crippen molar-refractivity contribution in [2.24, 2.45) is 0 Å². The minimum atomic E-state index is -0.862. The van der Waals surface area contributed by atoms with Crippen LogP contribution in [0.2, 0.25) is 0 Å². The van der Waals surface area contributed by atoms with Crippen molar-refractivity contribution in [3.8, 4) is 5.75 Å². The second-order valence-electron chi connectivity index (χ2n) is 4.23. The van der Waals surface area contributed by atoms with Gasteiger partial charge in [0.1, 0.15) is 17.4 Å². The van der Waals surface area contributed by atoms with Crippen LogP contribution in [0, 0.1) is 11.6 Å². The van der Waals surface area contributed by atoms with Gasteiger partial charge in [0.2, 0.25) is 0 Å². The van der Waals surface area contributed by atoms with Crippen molar-refractivity contribution < 1.29 is 23.4 Å². The van der Waals surface area contributed by atoms with Gasteiger partial charge < -0.3 is 15.2 Å². The number of hydrogen-bond donors (Lipinski definition) is 2. The highest BCUT2D eigenvalue weighted by Crippen LogP contribution is 2.18. The molecular weight excluding hydrogens is 280 g/mol. The van der Waals surface area contributed by atoms with Gasteiger partial charge in [-0.05, 0) is 18.2 Å². The number of benzene rings is 2. The second kappa shape index (κ2) is 6.81. The normalized spacial score (nSPS) is 10.2. The molecule has 2 rings (SSSR count). The van der Waals surface area contributed by atoms with Crippen LogP contribution in [-0.4, -0.2) is 17.6 Å². The number of amides is 1. The van der Waals surface area contributed by atoms with E-state index in [1.807, 2.05) is 0 Å². The molecule has 0 saturated heterocycles. The zero-order chi connectivity index (χ0) is 15.2. The quantitative estimate of drug-likeness (QED) is 0.890. The van der Waals surface area contributed by atoms with E-state index < -0.39 is 17.5 Å². The van der Waals surface area contributed by atoms with E-state index in [0.29, 0.717) is 17.4 Å². The molecule has 0 aliphatic heterocycles. The monoisotopic (exact) mass is 293 g/mol. The average molecular weight is 293 g/mol. The SMILES string of the molecule is O=C(COc1ccccc1CO)Nc1ccc(F)cc1F. The summed E-state index contributed by atoms with van der Waals surface area (Å²) in [5.74, 6) is -1.80. The summed E-state index contributed by atoms with van der Waals surface area (Å²) in [6, 6.07) is 9.55. The summed E-state index contributed by atoms with van der Waals surface area (Å²) in [5.41, 5.74) is 0.415. The van der Waals surface area contributed by atoms with Crippen LogP contribution in [0.25, 0.3) is 0 Å². The number of carbonyl (C=O) groups is 1. The van der Waals surface area contributed by atoms with E-state index in [1.54, 1.807) is 24.3 Å². The fraction of sp³-hybridized carbons (Fsp3) is 0.133. The number of para-hydroxylation sites is 1. The molecule has 2 aromatic carbocycles. The molecule has 0 aromatic heterocycles. The molecule has 0 atom stereocenters. The number of nitrogens with one attached hydrogen (secondary N) is 1. The number of carbonyl (C=O) groups excluding carboxylic acids is 1. The van der Waals surface area contributed by atoms with Crippen LogP contribution < -0.4 is 10.1 Å². The number of ether oxygens (including phenoxy) is 1. The van der Waals surface area contributed by atoms with Gasteiger partial charge in [-0.1, -0.05) is 18.2 Å². The number of anilines is 1. The molecule has 110 valence electrons. The van der Waals surface area contributed by atoms with Crippen LogP contribution in [0.15, 0.2) is 42.5 Å². The Morgan fingerprint density at radius 3 is 2.67 bits per heavy atom.